The first-order valence-corrected chi connectivity index (χ1v) is 14.7. The number of halogens is 2. The highest BCUT2D eigenvalue weighted by Gasteiger charge is 2.34. The first-order valence-electron chi connectivity index (χ1n) is 14.7. The van der Waals surface area contributed by atoms with E-state index in [1.54, 1.807) is 0 Å². The number of likely N-dealkylation sites (N-methyl/N-ethyl adjacent to an activating group) is 2. The molecule has 2 fully saturated rings. The zero-order valence-corrected chi connectivity index (χ0v) is 24.8. The minimum Gasteiger partial charge on any atom is -0.508 e. The van der Waals surface area contributed by atoms with Crippen molar-refractivity contribution in [1.82, 2.24) is 30.2 Å². The van der Waals surface area contributed by atoms with E-state index in [1.807, 2.05) is 32.1 Å². The maximum atomic E-state index is 16.5. The Bertz CT molecular complexity index is 1980. The largest absolute Gasteiger partial charge is 0.508 e. The number of phenols is 1. The summed E-state index contributed by atoms with van der Waals surface area (Å²) in [6, 6.07) is 8.14. The van der Waals surface area contributed by atoms with Gasteiger partial charge in [0, 0.05) is 67.8 Å². The molecule has 224 valence electrons. The van der Waals surface area contributed by atoms with E-state index in [0.717, 1.165) is 43.7 Å². The number of pyridine rings is 2. The molecule has 2 aliphatic rings. The molecule has 5 aromatic rings. The van der Waals surface area contributed by atoms with Gasteiger partial charge in [-0.25, -0.2) is 13.8 Å². The van der Waals surface area contributed by atoms with Gasteiger partial charge in [-0.05, 0) is 56.6 Å². The van der Waals surface area contributed by atoms with E-state index in [0.29, 0.717) is 46.4 Å². The zero-order chi connectivity index (χ0) is 30.7. The number of nitrogens with one attached hydrogen (secondary N) is 1. The highest BCUT2D eigenvalue weighted by Crippen LogP contribution is 2.38. The third-order valence-electron chi connectivity index (χ3n) is 8.62. The molecule has 3 aromatic heterocycles. The molecule has 11 heteroatoms. The molecule has 2 aliphatic heterocycles. The molecule has 2 N–H and O–H groups in total. The van der Waals surface area contributed by atoms with E-state index < -0.39 is 11.6 Å². The summed E-state index contributed by atoms with van der Waals surface area (Å²) in [5.41, 5.74) is 0.482. The second-order valence-corrected chi connectivity index (χ2v) is 12.0. The van der Waals surface area contributed by atoms with Gasteiger partial charge in [0.1, 0.15) is 28.6 Å². The van der Waals surface area contributed by atoms with Gasteiger partial charge in [-0.15, -0.1) is 6.42 Å². The van der Waals surface area contributed by atoms with Crippen molar-refractivity contribution in [2.75, 3.05) is 57.1 Å². The molecule has 2 unspecified atom stereocenters. The first-order chi connectivity index (χ1) is 21.2. The minimum absolute atomic E-state index is 0.0296. The number of benzene rings is 2. The lowest BCUT2D eigenvalue weighted by atomic mass is 9.95. The number of hydrogen-bond acceptors (Lipinski definition) is 9. The molecule has 9 nitrogen and oxygen atoms in total. The molecule has 2 saturated heterocycles. The highest BCUT2D eigenvalue weighted by atomic mass is 19.1. The summed E-state index contributed by atoms with van der Waals surface area (Å²) in [6.07, 6.45) is 9.43. The second-order valence-electron chi connectivity index (χ2n) is 12.0. The van der Waals surface area contributed by atoms with Crippen LogP contribution in [0, 0.1) is 24.0 Å². The lowest BCUT2D eigenvalue weighted by Crippen LogP contribution is -2.51. The van der Waals surface area contributed by atoms with Crippen molar-refractivity contribution in [1.29, 1.82) is 0 Å². The summed E-state index contributed by atoms with van der Waals surface area (Å²) in [6.45, 7) is 3.12. The molecule has 2 aromatic carbocycles. The zero-order valence-electron chi connectivity index (χ0n) is 24.8. The molecule has 0 spiro atoms. The second kappa shape index (κ2) is 10.8. The van der Waals surface area contributed by atoms with Crippen LogP contribution >= 0.6 is 0 Å². The minimum atomic E-state index is -0.716. The summed E-state index contributed by atoms with van der Waals surface area (Å²) < 4.78 is 31.2. The van der Waals surface area contributed by atoms with Crippen molar-refractivity contribution in [3.8, 4) is 29.4 Å². The Balaban J connectivity index is 1.43. The van der Waals surface area contributed by atoms with Crippen molar-refractivity contribution in [2.24, 2.45) is 0 Å². The summed E-state index contributed by atoms with van der Waals surface area (Å²) in [5.74, 6) is 2.20. The number of piperazine rings is 1. The number of rotatable bonds is 6. The molecule has 44 heavy (non-hydrogen) atoms. The van der Waals surface area contributed by atoms with Crippen LogP contribution in [0.5, 0.6) is 5.75 Å². The van der Waals surface area contributed by atoms with E-state index in [-0.39, 0.29) is 28.1 Å². The number of aromatic hydroxyl groups is 1. The summed E-state index contributed by atoms with van der Waals surface area (Å²) >= 11 is 0. The lowest BCUT2D eigenvalue weighted by Gasteiger charge is -2.34. The Morgan fingerprint density at radius 3 is 2.52 bits per heavy atom. The molecular weight excluding hydrogens is 562 g/mol. The quantitative estimate of drug-likeness (QED) is 0.221. The van der Waals surface area contributed by atoms with E-state index in [9.17, 15) is 9.50 Å². The number of anilines is 2. The predicted octanol–water partition coefficient (Wildman–Crippen LogP) is 4.30. The first kappa shape index (κ1) is 28.1. The van der Waals surface area contributed by atoms with Crippen LogP contribution < -0.4 is 15.1 Å². The van der Waals surface area contributed by atoms with Crippen LogP contribution in [0.1, 0.15) is 18.4 Å². The molecule has 5 heterocycles. The van der Waals surface area contributed by atoms with Gasteiger partial charge in [-0.3, -0.25) is 4.98 Å². The van der Waals surface area contributed by atoms with Crippen LogP contribution in [-0.2, 0) is 0 Å². The van der Waals surface area contributed by atoms with Gasteiger partial charge in [0.2, 0.25) is 5.95 Å². The molecule has 0 amide bonds. The number of terminal acetylenes is 1. The number of fused-ring (bicyclic) bond motifs is 5. The van der Waals surface area contributed by atoms with Gasteiger partial charge in [0.05, 0.1) is 10.9 Å². The van der Waals surface area contributed by atoms with E-state index in [4.69, 9.17) is 21.4 Å². The van der Waals surface area contributed by atoms with Gasteiger partial charge in [0.25, 0.3) is 0 Å². The molecule has 0 aliphatic carbocycles. The maximum Gasteiger partial charge on any atom is 0.229 e. The fourth-order valence-corrected chi connectivity index (χ4v) is 6.39. The number of hydrogen-bond donors (Lipinski definition) is 2. The third-order valence-corrected chi connectivity index (χ3v) is 8.62. The lowest BCUT2D eigenvalue weighted by molar-refractivity contribution is 0.415. The van der Waals surface area contributed by atoms with Crippen molar-refractivity contribution in [3.63, 3.8) is 0 Å². The Hall–Kier alpha value is -4.66. The molecule has 2 atom stereocenters. The molecular formula is C33H32F2N8O. The van der Waals surface area contributed by atoms with Gasteiger partial charge in [-0.2, -0.15) is 9.97 Å². The van der Waals surface area contributed by atoms with Crippen molar-refractivity contribution in [2.45, 2.75) is 24.9 Å². The number of aromatic nitrogens is 4. The van der Waals surface area contributed by atoms with Crippen LogP contribution in [0.3, 0.4) is 0 Å². The molecule has 7 rings (SSSR count). The standard InChI is InChI=1S/C33H32F2N8O/c1-5-23-26(34)9-6-18-12-22(44)14-24(27(18)23)30-28(35)29-19(15-36-30)13-25-31(38-29)39-33(42(4)11-10-41(2)3)40-32(25)43-16-20-7-8-21(17-43)37-20/h1,6,9,12-15,20-21,37,44H,7-8,10-11,16-17H2,2-4H3. The number of phenolic OH excluding ortho intramolecular Hbond substituents is 1. The van der Waals surface area contributed by atoms with Crippen LogP contribution in [0.15, 0.2) is 36.5 Å². The van der Waals surface area contributed by atoms with Gasteiger partial charge in [-0.1, -0.05) is 12.0 Å². The Morgan fingerprint density at radius 1 is 1.02 bits per heavy atom. The van der Waals surface area contributed by atoms with Crippen LogP contribution in [0.2, 0.25) is 0 Å². The maximum absolute atomic E-state index is 16.5. The van der Waals surface area contributed by atoms with Gasteiger partial charge in [0.15, 0.2) is 11.5 Å². The Morgan fingerprint density at radius 2 is 1.80 bits per heavy atom. The summed E-state index contributed by atoms with van der Waals surface area (Å²) in [4.78, 5) is 25.4. The summed E-state index contributed by atoms with van der Waals surface area (Å²) in [5, 5.41) is 16.1. The third kappa shape index (κ3) is 4.80. The Kier molecular flexibility index (Phi) is 6.91. The fraction of sp³-hybridized carbons (Fsp3) is 0.333. The Labute approximate surface area is 253 Å². The molecule has 2 bridgehead atoms. The highest BCUT2D eigenvalue weighted by molar-refractivity contribution is 6.03. The molecule has 0 radical (unpaired) electrons. The SMILES string of the molecule is C#Cc1c(F)ccc2cc(O)cc(-c3ncc4cc5c(N6CC7CCC(C6)N7)nc(N(C)CCN(C)C)nc5nc4c3F)c12. The van der Waals surface area contributed by atoms with Crippen molar-refractivity contribution in [3.05, 3.63) is 53.7 Å². The van der Waals surface area contributed by atoms with Gasteiger partial charge >= 0.3 is 0 Å². The van der Waals surface area contributed by atoms with Crippen LogP contribution in [0.4, 0.5) is 20.5 Å². The van der Waals surface area contributed by atoms with Crippen molar-refractivity contribution < 1.29 is 13.9 Å². The van der Waals surface area contributed by atoms with Crippen molar-refractivity contribution >= 4 is 44.5 Å². The predicted molar refractivity (Wildman–Crippen MR) is 169 cm³/mol. The average Bonchev–Trinajstić information content (AvgIpc) is 3.35. The summed E-state index contributed by atoms with van der Waals surface area (Å²) in [7, 11) is 5.96. The van der Waals surface area contributed by atoms with E-state index in [1.165, 1.54) is 30.5 Å². The van der Waals surface area contributed by atoms with Crippen LogP contribution in [0.25, 0.3) is 44.0 Å². The van der Waals surface area contributed by atoms with Gasteiger partial charge < -0.3 is 25.1 Å². The van der Waals surface area contributed by atoms with E-state index >= 15 is 4.39 Å². The average molecular weight is 595 g/mol. The fourth-order valence-electron chi connectivity index (χ4n) is 6.39. The topological polar surface area (TPSA) is 93.5 Å². The molecule has 0 saturated carbocycles. The number of nitrogens with zero attached hydrogens (tertiary/aromatic N) is 7. The monoisotopic (exact) mass is 594 g/mol. The normalized spacial score (nSPS) is 18.1. The smallest absolute Gasteiger partial charge is 0.229 e. The van der Waals surface area contributed by atoms with Crippen LogP contribution in [-0.4, -0.2) is 89.3 Å². The van der Waals surface area contributed by atoms with E-state index in [2.05, 4.69) is 26.0 Å².